The standard InChI is InChI=1S/C16H22N2O3/c1-16(2)10-12-4-3-5-13(14(12)21-11-16)17-6-8-18(9-7-17)15(19)20/h3-5H,6-11H2,1-2H3,(H,19,20). The Morgan fingerprint density at radius 1 is 1.24 bits per heavy atom. The van der Waals surface area contributed by atoms with Crippen molar-refractivity contribution in [3.8, 4) is 5.75 Å². The highest BCUT2D eigenvalue weighted by molar-refractivity contribution is 5.67. The first-order chi connectivity index (χ1) is 9.96. The second-order valence-corrected chi connectivity index (χ2v) is 6.65. The van der Waals surface area contributed by atoms with Crippen molar-refractivity contribution >= 4 is 11.8 Å². The van der Waals surface area contributed by atoms with Crippen LogP contribution in [0, 0.1) is 5.41 Å². The van der Waals surface area contributed by atoms with Gasteiger partial charge in [0, 0.05) is 31.6 Å². The van der Waals surface area contributed by atoms with Crippen LogP contribution in [-0.4, -0.2) is 48.9 Å². The van der Waals surface area contributed by atoms with Crippen LogP contribution in [0.1, 0.15) is 19.4 Å². The number of nitrogens with zero attached hydrogens (tertiary/aromatic N) is 2. The summed E-state index contributed by atoms with van der Waals surface area (Å²) in [6, 6.07) is 6.28. The fourth-order valence-corrected chi connectivity index (χ4v) is 3.10. The molecule has 1 N–H and O–H groups in total. The van der Waals surface area contributed by atoms with Crippen molar-refractivity contribution in [2.45, 2.75) is 20.3 Å². The van der Waals surface area contributed by atoms with E-state index in [0.29, 0.717) is 13.1 Å². The van der Waals surface area contributed by atoms with Gasteiger partial charge in [-0.15, -0.1) is 0 Å². The number of para-hydroxylation sites is 1. The Bertz CT molecular complexity index is 548. The topological polar surface area (TPSA) is 53.0 Å². The van der Waals surface area contributed by atoms with Crippen LogP contribution in [0.5, 0.6) is 5.75 Å². The number of carbonyl (C=O) groups is 1. The Morgan fingerprint density at radius 2 is 1.95 bits per heavy atom. The second kappa shape index (κ2) is 5.13. The molecule has 0 radical (unpaired) electrons. The fraction of sp³-hybridized carbons (Fsp3) is 0.562. The highest BCUT2D eigenvalue weighted by Crippen LogP contribution is 2.40. The maximum atomic E-state index is 11.0. The van der Waals surface area contributed by atoms with E-state index in [4.69, 9.17) is 9.84 Å². The molecule has 21 heavy (non-hydrogen) atoms. The van der Waals surface area contributed by atoms with E-state index >= 15 is 0 Å². The average Bonchev–Trinajstić information content (AvgIpc) is 2.45. The highest BCUT2D eigenvalue weighted by atomic mass is 16.5. The minimum atomic E-state index is -0.831. The molecule has 0 aliphatic carbocycles. The van der Waals surface area contributed by atoms with Crippen molar-refractivity contribution in [1.82, 2.24) is 4.90 Å². The van der Waals surface area contributed by atoms with Gasteiger partial charge < -0.3 is 19.6 Å². The minimum Gasteiger partial charge on any atom is -0.491 e. The van der Waals surface area contributed by atoms with Gasteiger partial charge in [0.1, 0.15) is 5.75 Å². The van der Waals surface area contributed by atoms with E-state index < -0.39 is 6.09 Å². The normalized spacial score (nSPS) is 20.7. The van der Waals surface area contributed by atoms with Crippen molar-refractivity contribution in [3.63, 3.8) is 0 Å². The molecule has 0 aromatic heterocycles. The lowest BCUT2D eigenvalue weighted by atomic mass is 9.84. The zero-order chi connectivity index (χ0) is 15.0. The van der Waals surface area contributed by atoms with Gasteiger partial charge in [0.2, 0.25) is 0 Å². The smallest absolute Gasteiger partial charge is 0.407 e. The molecule has 5 heteroatoms. The summed E-state index contributed by atoms with van der Waals surface area (Å²) in [4.78, 5) is 14.7. The molecule has 1 aromatic rings. The molecule has 1 aromatic carbocycles. The predicted octanol–water partition coefficient (Wildman–Crippen LogP) is 2.45. The maximum absolute atomic E-state index is 11.0. The summed E-state index contributed by atoms with van der Waals surface area (Å²) in [7, 11) is 0. The molecule has 0 unspecified atom stereocenters. The van der Waals surface area contributed by atoms with E-state index in [1.165, 1.54) is 10.5 Å². The van der Waals surface area contributed by atoms with Crippen LogP contribution >= 0.6 is 0 Å². The quantitative estimate of drug-likeness (QED) is 0.863. The molecular weight excluding hydrogens is 268 g/mol. The van der Waals surface area contributed by atoms with Gasteiger partial charge in [-0.25, -0.2) is 4.79 Å². The monoisotopic (exact) mass is 290 g/mol. The van der Waals surface area contributed by atoms with E-state index in [2.05, 4.69) is 36.9 Å². The number of piperazine rings is 1. The summed E-state index contributed by atoms with van der Waals surface area (Å²) in [5.74, 6) is 0.987. The van der Waals surface area contributed by atoms with Crippen LogP contribution in [0.25, 0.3) is 0 Å². The third kappa shape index (κ3) is 2.77. The Morgan fingerprint density at radius 3 is 2.62 bits per heavy atom. The van der Waals surface area contributed by atoms with Crippen molar-refractivity contribution in [3.05, 3.63) is 23.8 Å². The van der Waals surface area contributed by atoms with Gasteiger partial charge in [-0.1, -0.05) is 26.0 Å². The SMILES string of the molecule is CC1(C)COc2c(cccc2N2CCN(C(=O)O)CC2)C1. The van der Waals surface area contributed by atoms with Gasteiger partial charge >= 0.3 is 6.09 Å². The first-order valence-electron chi connectivity index (χ1n) is 7.44. The number of ether oxygens (including phenoxy) is 1. The predicted molar refractivity (Wildman–Crippen MR) is 81.2 cm³/mol. The lowest BCUT2D eigenvalue weighted by molar-refractivity contribution is 0.141. The maximum Gasteiger partial charge on any atom is 0.407 e. The average molecular weight is 290 g/mol. The summed E-state index contributed by atoms with van der Waals surface area (Å²) in [6.45, 7) is 7.69. The summed E-state index contributed by atoms with van der Waals surface area (Å²) in [6.07, 6.45) is 0.188. The fourth-order valence-electron chi connectivity index (χ4n) is 3.10. The van der Waals surface area contributed by atoms with Crippen LogP contribution in [0.15, 0.2) is 18.2 Å². The number of fused-ring (bicyclic) bond motifs is 1. The van der Waals surface area contributed by atoms with E-state index in [0.717, 1.165) is 37.6 Å². The number of anilines is 1. The van der Waals surface area contributed by atoms with E-state index in [-0.39, 0.29) is 5.41 Å². The summed E-state index contributed by atoms with van der Waals surface area (Å²) in [5.41, 5.74) is 2.53. The van der Waals surface area contributed by atoms with Crippen LogP contribution in [-0.2, 0) is 6.42 Å². The molecule has 3 rings (SSSR count). The number of hydrogen-bond acceptors (Lipinski definition) is 3. The molecule has 1 amide bonds. The molecule has 5 nitrogen and oxygen atoms in total. The van der Waals surface area contributed by atoms with Gasteiger partial charge in [-0.05, 0) is 18.1 Å². The lowest BCUT2D eigenvalue weighted by Gasteiger charge is -2.38. The largest absolute Gasteiger partial charge is 0.491 e. The number of hydrogen-bond donors (Lipinski definition) is 1. The molecule has 2 heterocycles. The molecule has 0 bridgehead atoms. The zero-order valence-corrected chi connectivity index (χ0v) is 12.6. The van der Waals surface area contributed by atoms with Crippen molar-refractivity contribution in [1.29, 1.82) is 0 Å². The van der Waals surface area contributed by atoms with Gasteiger partial charge in [-0.2, -0.15) is 0 Å². The third-order valence-electron chi connectivity index (χ3n) is 4.24. The Kier molecular flexibility index (Phi) is 3.43. The number of carboxylic acid groups (broad SMARTS) is 1. The minimum absolute atomic E-state index is 0.174. The van der Waals surface area contributed by atoms with Crippen LogP contribution < -0.4 is 9.64 Å². The number of rotatable bonds is 1. The first-order valence-corrected chi connectivity index (χ1v) is 7.44. The van der Waals surface area contributed by atoms with Crippen molar-refractivity contribution in [2.75, 3.05) is 37.7 Å². The Balaban J connectivity index is 1.80. The van der Waals surface area contributed by atoms with Gasteiger partial charge in [0.25, 0.3) is 0 Å². The van der Waals surface area contributed by atoms with Crippen LogP contribution in [0.4, 0.5) is 10.5 Å². The van der Waals surface area contributed by atoms with E-state index in [9.17, 15) is 4.79 Å². The summed E-state index contributed by atoms with van der Waals surface area (Å²) in [5, 5.41) is 9.03. The van der Waals surface area contributed by atoms with Gasteiger partial charge in [-0.3, -0.25) is 0 Å². The Hall–Kier alpha value is -1.91. The number of benzene rings is 1. The Labute approximate surface area is 125 Å². The van der Waals surface area contributed by atoms with E-state index in [1.54, 1.807) is 0 Å². The first kappa shape index (κ1) is 14.0. The third-order valence-corrected chi connectivity index (χ3v) is 4.24. The molecule has 114 valence electrons. The lowest BCUT2D eigenvalue weighted by Crippen LogP contribution is -2.48. The van der Waals surface area contributed by atoms with Crippen LogP contribution in [0.2, 0.25) is 0 Å². The molecule has 0 atom stereocenters. The van der Waals surface area contributed by atoms with Crippen molar-refractivity contribution < 1.29 is 14.6 Å². The molecule has 0 saturated carbocycles. The van der Waals surface area contributed by atoms with Crippen molar-refractivity contribution in [2.24, 2.45) is 5.41 Å². The molecule has 2 aliphatic rings. The number of amides is 1. The molecule has 0 spiro atoms. The highest BCUT2D eigenvalue weighted by Gasteiger charge is 2.30. The molecule has 1 saturated heterocycles. The molecular formula is C16H22N2O3. The zero-order valence-electron chi connectivity index (χ0n) is 12.6. The van der Waals surface area contributed by atoms with Gasteiger partial charge in [0.15, 0.2) is 0 Å². The second-order valence-electron chi connectivity index (χ2n) is 6.65. The van der Waals surface area contributed by atoms with E-state index in [1.807, 2.05) is 0 Å². The molecule has 1 fully saturated rings. The summed E-state index contributed by atoms with van der Waals surface area (Å²) < 4.78 is 6.03. The molecule has 2 aliphatic heterocycles. The van der Waals surface area contributed by atoms with Crippen LogP contribution in [0.3, 0.4) is 0 Å². The van der Waals surface area contributed by atoms with Gasteiger partial charge in [0.05, 0.1) is 12.3 Å². The summed E-state index contributed by atoms with van der Waals surface area (Å²) >= 11 is 0.